The van der Waals surface area contributed by atoms with Crippen molar-refractivity contribution in [1.82, 2.24) is 4.90 Å². The topological polar surface area (TPSA) is 49.4 Å². The third-order valence-corrected chi connectivity index (χ3v) is 6.24. The summed E-state index contributed by atoms with van der Waals surface area (Å²) in [5.74, 6) is 0.538. The smallest absolute Gasteiger partial charge is 0.246 e. The predicted molar refractivity (Wildman–Crippen MR) is 109 cm³/mol. The Kier molecular flexibility index (Phi) is 6.16. The van der Waals surface area contributed by atoms with Crippen molar-refractivity contribution < 1.29 is 9.59 Å². The van der Waals surface area contributed by atoms with Crippen LogP contribution < -0.4 is 5.32 Å². The van der Waals surface area contributed by atoms with Gasteiger partial charge in [0.1, 0.15) is 0 Å². The second kappa shape index (κ2) is 8.56. The molecule has 1 aliphatic rings. The minimum Gasteiger partial charge on any atom is -0.337 e. The predicted octanol–water partition coefficient (Wildman–Crippen LogP) is 4.32. The van der Waals surface area contributed by atoms with E-state index in [0.29, 0.717) is 13.1 Å². The summed E-state index contributed by atoms with van der Waals surface area (Å²) >= 11 is 5.32. The van der Waals surface area contributed by atoms with Gasteiger partial charge in [0, 0.05) is 33.9 Å². The van der Waals surface area contributed by atoms with E-state index in [1.54, 1.807) is 16.7 Å². The van der Waals surface area contributed by atoms with Crippen LogP contribution in [0.3, 0.4) is 0 Å². The average molecular weight is 431 g/mol. The number of halogens is 1. The van der Waals surface area contributed by atoms with Crippen LogP contribution >= 0.6 is 27.7 Å². The van der Waals surface area contributed by atoms with Gasteiger partial charge in [-0.05, 0) is 45.8 Å². The molecule has 2 aromatic rings. The van der Waals surface area contributed by atoms with Crippen molar-refractivity contribution in [2.45, 2.75) is 10.6 Å². The van der Waals surface area contributed by atoms with Crippen LogP contribution in [0, 0.1) is 5.92 Å². The second-order valence-corrected chi connectivity index (χ2v) is 7.92. The quantitative estimate of drug-likeness (QED) is 0.548. The van der Waals surface area contributed by atoms with E-state index in [9.17, 15) is 9.59 Å². The highest BCUT2D eigenvalue weighted by molar-refractivity contribution is 9.10. The molecular formula is C20H19BrN2O2S. The van der Waals surface area contributed by atoms with E-state index < -0.39 is 0 Å². The molecule has 4 nitrogen and oxygen atoms in total. The van der Waals surface area contributed by atoms with Gasteiger partial charge in [0.05, 0.1) is 5.92 Å². The first kappa shape index (κ1) is 18.7. The zero-order valence-electron chi connectivity index (χ0n) is 14.2. The lowest BCUT2D eigenvalue weighted by Crippen LogP contribution is -2.53. The van der Waals surface area contributed by atoms with Crippen LogP contribution in [0.5, 0.6) is 0 Å². The first-order valence-corrected chi connectivity index (χ1v) is 10.0. The SMILES string of the molecule is C=CC(=O)N1CC(C(=O)Nc2ccc(SCc3ccccc3)c(Br)c2)C1. The van der Waals surface area contributed by atoms with E-state index in [-0.39, 0.29) is 17.7 Å². The number of anilines is 1. The highest BCUT2D eigenvalue weighted by Crippen LogP contribution is 2.32. The molecule has 1 fully saturated rings. The van der Waals surface area contributed by atoms with E-state index in [4.69, 9.17) is 0 Å². The van der Waals surface area contributed by atoms with Crippen molar-refractivity contribution in [3.8, 4) is 0 Å². The normalized spacial score (nSPS) is 13.8. The second-order valence-electron chi connectivity index (χ2n) is 6.05. The van der Waals surface area contributed by atoms with Crippen LogP contribution in [-0.4, -0.2) is 29.8 Å². The first-order valence-electron chi connectivity index (χ1n) is 8.25. The zero-order chi connectivity index (χ0) is 18.5. The van der Waals surface area contributed by atoms with Crippen molar-refractivity contribution in [3.63, 3.8) is 0 Å². The fourth-order valence-electron chi connectivity index (χ4n) is 2.63. The molecule has 0 bridgehead atoms. The Balaban J connectivity index is 1.53. The molecule has 1 saturated heterocycles. The van der Waals surface area contributed by atoms with Crippen molar-refractivity contribution in [2.24, 2.45) is 5.92 Å². The number of carbonyl (C=O) groups is 2. The molecular weight excluding hydrogens is 412 g/mol. The zero-order valence-corrected chi connectivity index (χ0v) is 16.6. The number of hydrogen-bond acceptors (Lipinski definition) is 3. The maximum Gasteiger partial charge on any atom is 0.246 e. The molecule has 1 heterocycles. The molecule has 3 rings (SSSR count). The van der Waals surface area contributed by atoms with Gasteiger partial charge in [-0.2, -0.15) is 0 Å². The molecule has 134 valence electrons. The molecule has 0 radical (unpaired) electrons. The Hall–Kier alpha value is -2.05. The monoisotopic (exact) mass is 430 g/mol. The molecule has 0 aliphatic carbocycles. The molecule has 0 aromatic heterocycles. The van der Waals surface area contributed by atoms with E-state index in [2.05, 4.69) is 40.0 Å². The Labute approximate surface area is 165 Å². The van der Waals surface area contributed by atoms with Crippen molar-refractivity contribution in [1.29, 1.82) is 0 Å². The fourth-order valence-corrected chi connectivity index (χ4v) is 4.23. The minimum absolute atomic E-state index is 0.0605. The fraction of sp³-hybridized carbons (Fsp3) is 0.200. The largest absolute Gasteiger partial charge is 0.337 e. The molecule has 6 heteroatoms. The number of nitrogens with one attached hydrogen (secondary N) is 1. The van der Waals surface area contributed by atoms with Crippen molar-refractivity contribution >= 4 is 45.2 Å². The highest BCUT2D eigenvalue weighted by Gasteiger charge is 2.34. The number of amides is 2. The summed E-state index contributed by atoms with van der Waals surface area (Å²) in [6.07, 6.45) is 1.27. The lowest BCUT2D eigenvalue weighted by atomic mass is 9.99. The van der Waals surface area contributed by atoms with Gasteiger partial charge in [-0.25, -0.2) is 0 Å². The number of thioether (sulfide) groups is 1. The summed E-state index contributed by atoms with van der Waals surface area (Å²) in [5.41, 5.74) is 2.02. The minimum atomic E-state index is -0.162. The molecule has 26 heavy (non-hydrogen) atoms. The molecule has 1 aliphatic heterocycles. The molecule has 1 N–H and O–H groups in total. The number of benzene rings is 2. The van der Waals surface area contributed by atoms with Crippen LogP contribution in [0.4, 0.5) is 5.69 Å². The van der Waals surface area contributed by atoms with Crippen LogP contribution in [0.1, 0.15) is 5.56 Å². The number of hydrogen-bond donors (Lipinski definition) is 1. The van der Waals surface area contributed by atoms with Crippen LogP contribution in [0.25, 0.3) is 0 Å². The summed E-state index contributed by atoms with van der Waals surface area (Å²) < 4.78 is 0.952. The molecule has 0 atom stereocenters. The van der Waals surface area contributed by atoms with Gasteiger partial charge < -0.3 is 10.2 Å². The number of rotatable bonds is 6. The lowest BCUT2D eigenvalue weighted by Gasteiger charge is -2.37. The van der Waals surface area contributed by atoms with E-state index in [0.717, 1.165) is 20.8 Å². The van der Waals surface area contributed by atoms with Crippen LogP contribution in [-0.2, 0) is 15.3 Å². The van der Waals surface area contributed by atoms with Gasteiger partial charge in [0.2, 0.25) is 11.8 Å². The summed E-state index contributed by atoms with van der Waals surface area (Å²) in [7, 11) is 0. The van der Waals surface area contributed by atoms with E-state index >= 15 is 0 Å². The number of carbonyl (C=O) groups excluding carboxylic acids is 2. The number of nitrogens with zero attached hydrogens (tertiary/aromatic N) is 1. The lowest BCUT2D eigenvalue weighted by molar-refractivity contribution is -0.137. The Morgan fingerprint density at radius 3 is 2.62 bits per heavy atom. The molecule has 2 aromatic carbocycles. The number of likely N-dealkylation sites (tertiary alicyclic amines) is 1. The summed E-state index contributed by atoms with van der Waals surface area (Å²) in [4.78, 5) is 26.4. The van der Waals surface area contributed by atoms with Crippen LogP contribution in [0.2, 0.25) is 0 Å². The van der Waals surface area contributed by atoms with Gasteiger partial charge in [-0.3, -0.25) is 9.59 Å². The summed E-state index contributed by atoms with van der Waals surface area (Å²) in [6, 6.07) is 16.1. The van der Waals surface area contributed by atoms with Crippen molar-refractivity contribution in [2.75, 3.05) is 18.4 Å². The molecule has 0 saturated carbocycles. The van der Waals surface area contributed by atoms with Gasteiger partial charge in [0.25, 0.3) is 0 Å². The maximum atomic E-state index is 12.3. The Morgan fingerprint density at radius 1 is 1.23 bits per heavy atom. The van der Waals surface area contributed by atoms with E-state index in [1.807, 2.05) is 36.4 Å². The standard InChI is InChI=1S/C20H19BrN2O2S/c1-2-19(24)23-11-15(12-23)20(25)22-16-8-9-18(17(21)10-16)26-13-14-6-4-3-5-7-14/h2-10,15H,1,11-13H2,(H,22,25). The molecule has 0 unspecified atom stereocenters. The first-order chi connectivity index (χ1) is 12.6. The van der Waals surface area contributed by atoms with Crippen LogP contribution in [0.15, 0.2) is 70.6 Å². The van der Waals surface area contributed by atoms with Gasteiger partial charge >= 0.3 is 0 Å². The van der Waals surface area contributed by atoms with Gasteiger partial charge in [-0.1, -0.05) is 36.9 Å². The molecule has 0 spiro atoms. The van der Waals surface area contributed by atoms with Gasteiger partial charge in [0.15, 0.2) is 0 Å². The Morgan fingerprint density at radius 2 is 1.96 bits per heavy atom. The summed E-state index contributed by atoms with van der Waals surface area (Å²) in [6.45, 7) is 4.35. The van der Waals surface area contributed by atoms with Gasteiger partial charge in [-0.15, -0.1) is 11.8 Å². The maximum absolute atomic E-state index is 12.3. The third kappa shape index (κ3) is 4.56. The molecule has 2 amide bonds. The van der Waals surface area contributed by atoms with E-state index in [1.165, 1.54) is 11.6 Å². The third-order valence-electron chi connectivity index (χ3n) is 4.18. The summed E-state index contributed by atoms with van der Waals surface area (Å²) in [5, 5.41) is 2.92. The van der Waals surface area contributed by atoms with Crippen molar-refractivity contribution in [3.05, 3.63) is 71.2 Å². The highest BCUT2D eigenvalue weighted by atomic mass is 79.9. The average Bonchev–Trinajstić information content (AvgIpc) is 2.60. The Bertz CT molecular complexity index is 820.